The van der Waals surface area contributed by atoms with Gasteiger partial charge in [-0.2, -0.15) is 0 Å². The van der Waals surface area contributed by atoms with E-state index in [9.17, 15) is 4.79 Å². The molecule has 1 fully saturated rings. The first-order valence-electron chi connectivity index (χ1n) is 8.05. The van der Waals surface area contributed by atoms with Gasteiger partial charge < -0.3 is 10.2 Å². The molecule has 1 unspecified atom stereocenters. The van der Waals surface area contributed by atoms with Crippen LogP contribution in [0.5, 0.6) is 0 Å². The summed E-state index contributed by atoms with van der Waals surface area (Å²) in [5, 5.41) is 4.44. The Balaban J connectivity index is 0.00000144. The first kappa shape index (κ1) is 20.7. The largest absolute Gasteiger partial charge is 0.341 e. The number of nitrogens with zero attached hydrogens (tertiary/aromatic N) is 2. The van der Waals surface area contributed by atoms with E-state index in [1.807, 2.05) is 42.4 Å². The van der Waals surface area contributed by atoms with E-state index >= 15 is 0 Å². The molecule has 1 N–H and O–H groups in total. The van der Waals surface area contributed by atoms with Crippen LogP contribution in [0.25, 0.3) is 10.9 Å². The summed E-state index contributed by atoms with van der Waals surface area (Å²) in [5.41, 5.74) is 2.21. The van der Waals surface area contributed by atoms with E-state index in [0.717, 1.165) is 43.3 Å². The van der Waals surface area contributed by atoms with Crippen LogP contribution in [0.3, 0.4) is 0 Å². The van der Waals surface area contributed by atoms with Gasteiger partial charge in [0.25, 0.3) is 0 Å². The minimum absolute atomic E-state index is 0. The molecule has 0 spiro atoms. The highest BCUT2D eigenvalue weighted by molar-refractivity contribution is 5.85. The minimum Gasteiger partial charge on any atom is -0.341 e. The van der Waals surface area contributed by atoms with Crippen molar-refractivity contribution in [3.8, 4) is 0 Å². The van der Waals surface area contributed by atoms with Crippen LogP contribution in [-0.4, -0.2) is 42.0 Å². The third-order valence-corrected chi connectivity index (χ3v) is 4.53. The number of fused-ring (bicyclic) bond motifs is 1. The molecule has 1 aromatic heterocycles. The molecule has 0 bridgehead atoms. The lowest BCUT2D eigenvalue weighted by Gasteiger charge is -2.32. The lowest BCUT2D eigenvalue weighted by atomic mass is 10.0. The highest BCUT2D eigenvalue weighted by Crippen LogP contribution is 2.18. The second-order valence-electron chi connectivity index (χ2n) is 5.95. The average molecular weight is 370 g/mol. The molecule has 2 heterocycles. The predicted octanol–water partition coefficient (Wildman–Crippen LogP) is 3.22. The van der Waals surface area contributed by atoms with Crippen LogP contribution in [0, 0.1) is 0 Å². The Morgan fingerprint density at radius 3 is 2.88 bits per heavy atom. The molecule has 0 radical (unpaired) electrons. The average Bonchev–Trinajstić information content (AvgIpc) is 2.59. The molecule has 132 valence electrons. The topological polar surface area (TPSA) is 45.2 Å². The molecule has 1 aromatic carbocycles. The fraction of sp³-hybridized carbons (Fsp3) is 0.444. The Morgan fingerprint density at radius 1 is 1.29 bits per heavy atom. The van der Waals surface area contributed by atoms with Crippen molar-refractivity contribution in [2.75, 3.05) is 20.1 Å². The van der Waals surface area contributed by atoms with Gasteiger partial charge in [-0.05, 0) is 44.0 Å². The second-order valence-corrected chi connectivity index (χ2v) is 5.95. The van der Waals surface area contributed by atoms with Gasteiger partial charge in [-0.25, -0.2) is 0 Å². The lowest BCUT2D eigenvalue weighted by Crippen LogP contribution is -2.47. The van der Waals surface area contributed by atoms with Crippen molar-refractivity contribution in [1.29, 1.82) is 0 Å². The van der Waals surface area contributed by atoms with Crippen molar-refractivity contribution in [2.45, 2.75) is 31.7 Å². The number of piperidine rings is 1. The normalized spacial score (nSPS) is 17.0. The molecular weight excluding hydrogens is 345 g/mol. The maximum Gasteiger partial charge on any atom is 0.222 e. The summed E-state index contributed by atoms with van der Waals surface area (Å²) in [6.45, 7) is 1.74. The van der Waals surface area contributed by atoms with E-state index in [0.29, 0.717) is 12.5 Å². The maximum atomic E-state index is 12.5. The van der Waals surface area contributed by atoms with Crippen LogP contribution in [0.1, 0.15) is 24.8 Å². The molecule has 1 amide bonds. The molecule has 0 aliphatic carbocycles. The maximum absolute atomic E-state index is 12.5. The van der Waals surface area contributed by atoms with Gasteiger partial charge in [0.05, 0.1) is 5.52 Å². The summed E-state index contributed by atoms with van der Waals surface area (Å²) >= 11 is 0. The zero-order valence-corrected chi connectivity index (χ0v) is 15.5. The van der Waals surface area contributed by atoms with E-state index in [1.165, 1.54) is 5.56 Å². The van der Waals surface area contributed by atoms with Crippen LogP contribution < -0.4 is 5.32 Å². The van der Waals surface area contributed by atoms with E-state index in [4.69, 9.17) is 0 Å². The van der Waals surface area contributed by atoms with Crippen LogP contribution >= 0.6 is 24.8 Å². The summed E-state index contributed by atoms with van der Waals surface area (Å²) in [7, 11) is 1.97. The van der Waals surface area contributed by atoms with Gasteiger partial charge in [-0.15, -0.1) is 24.8 Å². The molecule has 6 heteroatoms. The van der Waals surface area contributed by atoms with E-state index in [-0.39, 0.29) is 30.7 Å². The number of carbonyl (C=O) groups is 1. The molecule has 2 aromatic rings. The lowest BCUT2D eigenvalue weighted by molar-refractivity contribution is -0.132. The molecule has 1 atom stereocenters. The van der Waals surface area contributed by atoms with Gasteiger partial charge in [0.2, 0.25) is 5.91 Å². The summed E-state index contributed by atoms with van der Waals surface area (Å²) < 4.78 is 0. The van der Waals surface area contributed by atoms with Gasteiger partial charge in [0.15, 0.2) is 0 Å². The summed E-state index contributed by atoms with van der Waals surface area (Å²) in [5.74, 6) is 0.265. The number of rotatable bonds is 4. The number of hydrogen-bond acceptors (Lipinski definition) is 3. The van der Waals surface area contributed by atoms with Crippen molar-refractivity contribution < 1.29 is 4.79 Å². The zero-order chi connectivity index (χ0) is 15.4. The van der Waals surface area contributed by atoms with Crippen molar-refractivity contribution in [3.63, 3.8) is 0 Å². The Labute approximate surface area is 155 Å². The molecule has 0 saturated carbocycles. The predicted molar refractivity (Wildman–Crippen MR) is 103 cm³/mol. The minimum atomic E-state index is 0. The van der Waals surface area contributed by atoms with Crippen molar-refractivity contribution >= 4 is 41.6 Å². The molecule has 1 aliphatic heterocycles. The zero-order valence-electron chi connectivity index (χ0n) is 13.9. The van der Waals surface area contributed by atoms with Gasteiger partial charge in [0, 0.05) is 37.1 Å². The van der Waals surface area contributed by atoms with Gasteiger partial charge in [-0.3, -0.25) is 9.78 Å². The standard InChI is InChI=1S/C18H23N3O.2ClH/c1-19-15-5-4-12-21(13-15)18(22)9-8-14-10-11-20-17-7-3-2-6-16(14)17;;/h2-3,6-7,10-11,15,19H,4-5,8-9,12-13H2,1H3;2*1H. The number of pyridine rings is 1. The van der Waals surface area contributed by atoms with Gasteiger partial charge in [-0.1, -0.05) is 18.2 Å². The Kier molecular flexibility index (Phi) is 8.46. The van der Waals surface area contributed by atoms with Crippen LogP contribution in [0.2, 0.25) is 0 Å². The number of benzene rings is 1. The third-order valence-electron chi connectivity index (χ3n) is 4.53. The van der Waals surface area contributed by atoms with Crippen LogP contribution in [0.4, 0.5) is 0 Å². The van der Waals surface area contributed by atoms with Crippen LogP contribution in [0.15, 0.2) is 36.5 Å². The number of likely N-dealkylation sites (N-methyl/N-ethyl adjacent to an activating group) is 1. The number of nitrogens with one attached hydrogen (secondary N) is 1. The summed E-state index contributed by atoms with van der Waals surface area (Å²) in [6, 6.07) is 10.6. The van der Waals surface area contributed by atoms with E-state index < -0.39 is 0 Å². The molecule has 4 nitrogen and oxygen atoms in total. The number of aromatic nitrogens is 1. The van der Waals surface area contributed by atoms with Gasteiger partial charge >= 0.3 is 0 Å². The summed E-state index contributed by atoms with van der Waals surface area (Å²) in [4.78, 5) is 18.8. The number of hydrogen-bond donors (Lipinski definition) is 1. The molecule has 24 heavy (non-hydrogen) atoms. The van der Waals surface area contributed by atoms with Crippen LogP contribution in [-0.2, 0) is 11.2 Å². The highest BCUT2D eigenvalue weighted by atomic mass is 35.5. The SMILES string of the molecule is CNC1CCCN(C(=O)CCc2ccnc3ccccc23)C1.Cl.Cl. The first-order chi connectivity index (χ1) is 10.8. The smallest absolute Gasteiger partial charge is 0.222 e. The molecule has 1 saturated heterocycles. The van der Waals surface area contributed by atoms with E-state index in [2.05, 4.69) is 16.4 Å². The Hall–Kier alpha value is -1.36. The first-order valence-corrected chi connectivity index (χ1v) is 8.05. The molecular formula is C18H25Cl2N3O. The van der Waals surface area contributed by atoms with Crippen molar-refractivity contribution in [3.05, 3.63) is 42.1 Å². The number of para-hydroxylation sites is 1. The number of amides is 1. The third kappa shape index (κ3) is 4.82. The second kappa shape index (κ2) is 9.82. The number of carbonyl (C=O) groups excluding carboxylic acids is 1. The number of halogens is 2. The Bertz CT molecular complexity index is 660. The molecule has 3 rings (SSSR count). The highest BCUT2D eigenvalue weighted by Gasteiger charge is 2.22. The van der Waals surface area contributed by atoms with E-state index in [1.54, 1.807) is 0 Å². The summed E-state index contributed by atoms with van der Waals surface area (Å²) in [6.07, 6.45) is 5.44. The monoisotopic (exact) mass is 369 g/mol. The Morgan fingerprint density at radius 2 is 2.08 bits per heavy atom. The van der Waals surface area contributed by atoms with Crippen molar-refractivity contribution in [2.24, 2.45) is 0 Å². The van der Waals surface area contributed by atoms with Gasteiger partial charge in [0.1, 0.15) is 0 Å². The molecule has 1 aliphatic rings. The fourth-order valence-corrected chi connectivity index (χ4v) is 3.21. The quantitative estimate of drug-likeness (QED) is 0.899. The number of likely N-dealkylation sites (tertiary alicyclic amines) is 1. The number of aryl methyl sites for hydroxylation is 1. The van der Waals surface area contributed by atoms with Crippen molar-refractivity contribution in [1.82, 2.24) is 15.2 Å². The fourth-order valence-electron chi connectivity index (χ4n) is 3.21.